The molecule has 23 heavy (non-hydrogen) atoms. The van der Waals surface area contributed by atoms with Gasteiger partial charge in [-0.25, -0.2) is 5.12 Å². The number of rotatable bonds is 2. The standard InChI is InChI=1S/C18H17FN2O2/c1-12-11-18(2,3)20(19)17-8-7-14(10-16(12)17)13-5-4-6-15(9-13)21(22)23/h4-11H,1-3H3. The second kappa shape index (κ2) is 5.19. The number of nitrogens with zero attached hydrogens (tertiary/aromatic N) is 2. The molecule has 2 aromatic rings. The van der Waals surface area contributed by atoms with Gasteiger partial charge in [-0.1, -0.05) is 28.8 Å². The third kappa shape index (κ3) is 2.59. The molecule has 0 atom stereocenters. The number of anilines is 1. The van der Waals surface area contributed by atoms with Crippen molar-refractivity contribution in [2.24, 2.45) is 0 Å². The summed E-state index contributed by atoms with van der Waals surface area (Å²) in [6.07, 6.45) is 1.88. The quantitative estimate of drug-likeness (QED) is 0.438. The Balaban J connectivity index is 2.11. The van der Waals surface area contributed by atoms with E-state index in [4.69, 9.17) is 0 Å². The fourth-order valence-corrected chi connectivity index (χ4v) is 2.98. The van der Waals surface area contributed by atoms with Gasteiger partial charge in [0.25, 0.3) is 5.69 Å². The highest BCUT2D eigenvalue weighted by atomic mass is 19.2. The summed E-state index contributed by atoms with van der Waals surface area (Å²) in [5.74, 6) is 0. The molecule has 0 aliphatic carbocycles. The highest BCUT2D eigenvalue weighted by molar-refractivity contribution is 5.84. The van der Waals surface area contributed by atoms with Crippen molar-refractivity contribution in [3.8, 4) is 11.1 Å². The molecule has 4 nitrogen and oxygen atoms in total. The Morgan fingerprint density at radius 2 is 1.83 bits per heavy atom. The lowest BCUT2D eigenvalue weighted by Gasteiger charge is -2.36. The van der Waals surface area contributed by atoms with Gasteiger partial charge in [-0.2, -0.15) is 0 Å². The molecule has 0 unspecified atom stereocenters. The molecule has 0 bridgehead atoms. The molecule has 0 spiro atoms. The molecule has 2 aromatic carbocycles. The Morgan fingerprint density at radius 1 is 1.13 bits per heavy atom. The van der Waals surface area contributed by atoms with E-state index in [1.165, 1.54) is 12.1 Å². The number of hydrogen-bond acceptors (Lipinski definition) is 3. The molecule has 0 saturated heterocycles. The number of fused-ring (bicyclic) bond motifs is 1. The smallest absolute Gasteiger partial charge is 0.258 e. The molecule has 0 fully saturated rings. The van der Waals surface area contributed by atoms with Crippen LogP contribution in [0.4, 0.5) is 15.9 Å². The monoisotopic (exact) mass is 312 g/mol. The van der Waals surface area contributed by atoms with Crippen LogP contribution < -0.4 is 5.12 Å². The number of halogens is 1. The van der Waals surface area contributed by atoms with E-state index in [9.17, 15) is 14.6 Å². The zero-order valence-corrected chi connectivity index (χ0v) is 13.2. The summed E-state index contributed by atoms with van der Waals surface area (Å²) < 4.78 is 14.5. The van der Waals surface area contributed by atoms with E-state index >= 15 is 0 Å². The van der Waals surface area contributed by atoms with Crippen molar-refractivity contribution in [3.63, 3.8) is 0 Å². The zero-order valence-electron chi connectivity index (χ0n) is 13.2. The first-order valence-corrected chi connectivity index (χ1v) is 7.34. The second-order valence-corrected chi connectivity index (χ2v) is 6.30. The highest BCUT2D eigenvalue weighted by Crippen LogP contribution is 2.41. The molecule has 1 aliphatic heterocycles. The minimum atomic E-state index is -0.690. The predicted octanol–water partition coefficient (Wildman–Crippen LogP) is 5.15. The third-order valence-corrected chi connectivity index (χ3v) is 4.10. The maximum Gasteiger partial charge on any atom is 0.270 e. The van der Waals surface area contributed by atoms with Crippen molar-refractivity contribution in [2.45, 2.75) is 26.3 Å². The maximum absolute atomic E-state index is 14.5. The van der Waals surface area contributed by atoms with E-state index in [-0.39, 0.29) is 5.69 Å². The van der Waals surface area contributed by atoms with Gasteiger partial charge >= 0.3 is 0 Å². The molecule has 0 aromatic heterocycles. The van der Waals surface area contributed by atoms with Crippen LogP contribution in [0, 0.1) is 10.1 Å². The van der Waals surface area contributed by atoms with E-state index in [2.05, 4.69) is 0 Å². The number of nitro groups is 1. The Morgan fingerprint density at radius 3 is 2.52 bits per heavy atom. The van der Waals surface area contributed by atoms with E-state index in [1.807, 2.05) is 39.0 Å². The fraction of sp³-hybridized carbons (Fsp3) is 0.222. The van der Waals surface area contributed by atoms with Gasteiger partial charge in [0.1, 0.15) is 0 Å². The van der Waals surface area contributed by atoms with Crippen LogP contribution in [-0.2, 0) is 0 Å². The van der Waals surface area contributed by atoms with Crippen LogP contribution in [0.25, 0.3) is 16.7 Å². The van der Waals surface area contributed by atoms with Gasteiger partial charge < -0.3 is 0 Å². The zero-order chi connectivity index (χ0) is 16.8. The molecule has 1 aliphatic rings. The number of hydrogen-bond donors (Lipinski definition) is 0. The van der Waals surface area contributed by atoms with Gasteiger partial charge in [0, 0.05) is 17.7 Å². The molecule has 0 radical (unpaired) electrons. The van der Waals surface area contributed by atoms with Crippen molar-refractivity contribution in [2.75, 3.05) is 5.12 Å². The van der Waals surface area contributed by atoms with Crippen LogP contribution in [-0.4, -0.2) is 10.5 Å². The minimum absolute atomic E-state index is 0.0423. The average molecular weight is 312 g/mol. The van der Waals surface area contributed by atoms with Crippen molar-refractivity contribution in [3.05, 3.63) is 64.2 Å². The van der Waals surface area contributed by atoms with Crippen LogP contribution in [0.5, 0.6) is 0 Å². The van der Waals surface area contributed by atoms with Crippen molar-refractivity contribution in [1.29, 1.82) is 0 Å². The van der Waals surface area contributed by atoms with E-state index in [1.54, 1.807) is 18.2 Å². The van der Waals surface area contributed by atoms with E-state index < -0.39 is 10.5 Å². The van der Waals surface area contributed by atoms with Gasteiger partial charge in [0.2, 0.25) is 0 Å². The summed E-state index contributed by atoms with van der Waals surface area (Å²) in [4.78, 5) is 10.5. The van der Waals surface area contributed by atoms with Gasteiger partial charge in [-0.15, -0.1) is 0 Å². The molecule has 5 heteroatoms. The summed E-state index contributed by atoms with van der Waals surface area (Å²) in [5, 5.41) is 11.7. The molecule has 0 N–H and O–H groups in total. The van der Waals surface area contributed by atoms with Crippen molar-refractivity contribution < 1.29 is 9.40 Å². The molecule has 3 rings (SSSR count). The summed E-state index contributed by atoms with van der Waals surface area (Å²) in [6, 6.07) is 11.8. The van der Waals surface area contributed by atoms with Crippen LogP contribution in [0.15, 0.2) is 48.5 Å². The number of allylic oxidation sites excluding steroid dienone is 1. The molecular weight excluding hydrogens is 295 g/mol. The van der Waals surface area contributed by atoms with Crippen LogP contribution in [0.2, 0.25) is 0 Å². The molecular formula is C18H17FN2O2. The first kappa shape index (κ1) is 15.2. The van der Waals surface area contributed by atoms with E-state index in [0.29, 0.717) is 5.69 Å². The minimum Gasteiger partial charge on any atom is -0.258 e. The Bertz CT molecular complexity index is 828. The lowest BCUT2D eigenvalue weighted by molar-refractivity contribution is -0.384. The largest absolute Gasteiger partial charge is 0.270 e. The summed E-state index contributed by atoms with van der Waals surface area (Å²) in [6.45, 7) is 5.58. The van der Waals surface area contributed by atoms with Crippen LogP contribution in [0.3, 0.4) is 0 Å². The van der Waals surface area contributed by atoms with Gasteiger partial charge in [0.15, 0.2) is 0 Å². The van der Waals surface area contributed by atoms with Crippen molar-refractivity contribution >= 4 is 16.9 Å². The second-order valence-electron chi connectivity index (χ2n) is 6.30. The van der Waals surface area contributed by atoms with Crippen molar-refractivity contribution in [1.82, 2.24) is 0 Å². The van der Waals surface area contributed by atoms with Gasteiger partial charge in [-0.05, 0) is 49.6 Å². The maximum atomic E-state index is 14.5. The molecule has 1 heterocycles. The first-order valence-electron chi connectivity index (χ1n) is 7.34. The summed E-state index contributed by atoms with van der Waals surface area (Å²) in [7, 11) is 0. The average Bonchev–Trinajstić information content (AvgIpc) is 2.52. The summed E-state index contributed by atoms with van der Waals surface area (Å²) in [5.41, 5.74) is 3.23. The number of benzene rings is 2. The Kier molecular flexibility index (Phi) is 3.43. The first-order chi connectivity index (χ1) is 10.8. The Labute approximate surface area is 133 Å². The van der Waals surface area contributed by atoms with Gasteiger partial charge in [-0.3, -0.25) is 10.1 Å². The number of nitro benzene ring substituents is 1. The van der Waals surface area contributed by atoms with E-state index in [0.717, 1.165) is 27.4 Å². The number of non-ortho nitro benzene ring substituents is 1. The third-order valence-electron chi connectivity index (χ3n) is 4.10. The highest BCUT2D eigenvalue weighted by Gasteiger charge is 2.32. The SMILES string of the molecule is CC1=CC(C)(C)N(F)c2ccc(-c3cccc([N+](=O)[O-])c3)cc21. The van der Waals surface area contributed by atoms with Crippen LogP contribution >= 0.6 is 0 Å². The normalized spacial score (nSPS) is 15.8. The topological polar surface area (TPSA) is 46.4 Å². The lowest BCUT2D eigenvalue weighted by Crippen LogP contribution is -2.39. The van der Waals surface area contributed by atoms with Gasteiger partial charge in [0.05, 0.1) is 16.1 Å². The fourth-order valence-electron chi connectivity index (χ4n) is 2.98. The molecule has 0 saturated carbocycles. The molecule has 0 amide bonds. The predicted molar refractivity (Wildman–Crippen MR) is 89.8 cm³/mol. The molecule has 118 valence electrons. The lowest BCUT2D eigenvalue weighted by atomic mass is 9.89. The Hall–Kier alpha value is -2.69. The van der Waals surface area contributed by atoms with Crippen LogP contribution in [0.1, 0.15) is 26.3 Å². The summed E-state index contributed by atoms with van der Waals surface area (Å²) >= 11 is 0.